The Balaban J connectivity index is 1.59. The van der Waals surface area contributed by atoms with Crippen LogP contribution in [0.15, 0.2) is 29.9 Å². The molecule has 0 radical (unpaired) electrons. The van der Waals surface area contributed by atoms with Gasteiger partial charge < -0.3 is 9.30 Å². The lowest BCUT2D eigenvalue weighted by atomic mass is 10.1. The Morgan fingerprint density at radius 3 is 2.48 bits per heavy atom. The van der Waals surface area contributed by atoms with E-state index in [9.17, 15) is 21.6 Å². The second-order valence-corrected chi connectivity index (χ2v) is 9.64. The summed E-state index contributed by atoms with van der Waals surface area (Å²) >= 11 is 0. The van der Waals surface area contributed by atoms with Crippen LogP contribution in [0, 0.1) is 0 Å². The first-order valence-electron chi connectivity index (χ1n) is 9.92. The van der Waals surface area contributed by atoms with Crippen LogP contribution < -0.4 is 4.74 Å². The molecule has 0 amide bonds. The number of sulfonamides is 1. The minimum absolute atomic E-state index is 0.00850. The van der Waals surface area contributed by atoms with Gasteiger partial charge in [-0.3, -0.25) is 4.90 Å². The van der Waals surface area contributed by atoms with Gasteiger partial charge in [0, 0.05) is 25.9 Å². The zero-order valence-electron chi connectivity index (χ0n) is 16.9. The van der Waals surface area contributed by atoms with E-state index in [1.807, 2.05) is 0 Å². The Morgan fingerprint density at radius 2 is 1.84 bits per heavy atom. The van der Waals surface area contributed by atoms with E-state index < -0.39 is 28.0 Å². The highest BCUT2D eigenvalue weighted by molar-refractivity contribution is 7.89. The van der Waals surface area contributed by atoms with Gasteiger partial charge in [0.1, 0.15) is 12.4 Å². The van der Waals surface area contributed by atoms with Gasteiger partial charge in [0.25, 0.3) is 10.0 Å². The maximum absolute atomic E-state index is 13.1. The lowest BCUT2D eigenvalue weighted by molar-refractivity contribution is -0.141. The smallest absolute Gasteiger partial charge is 0.433 e. The van der Waals surface area contributed by atoms with E-state index in [4.69, 9.17) is 4.74 Å². The molecule has 0 bridgehead atoms. The SMILES string of the molecule is Cn1cnc(S(=O)(=O)N2C[C@H](Oc3cc(C(F)(F)F)ncn3)[C@@H](N3CCCCC3)C2)c1. The number of ether oxygens (including phenoxy) is 1. The normalized spacial score (nSPS) is 23.9. The fourth-order valence-corrected chi connectivity index (χ4v) is 5.44. The molecule has 0 N–H and O–H groups in total. The van der Waals surface area contributed by atoms with E-state index >= 15 is 0 Å². The Morgan fingerprint density at radius 1 is 1.10 bits per heavy atom. The van der Waals surface area contributed by atoms with Crippen molar-refractivity contribution in [2.45, 2.75) is 42.6 Å². The van der Waals surface area contributed by atoms with Crippen LogP contribution in [-0.2, 0) is 23.2 Å². The molecule has 0 spiro atoms. The van der Waals surface area contributed by atoms with Crippen molar-refractivity contribution in [2.75, 3.05) is 26.2 Å². The number of nitrogens with zero attached hydrogens (tertiary/aromatic N) is 6. The quantitative estimate of drug-likeness (QED) is 0.668. The summed E-state index contributed by atoms with van der Waals surface area (Å²) in [7, 11) is -2.19. The average molecular weight is 460 g/mol. The van der Waals surface area contributed by atoms with Crippen LogP contribution >= 0.6 is 0 Å². The van der Waals surface area contributed by atoms with Crippen molar-refractivity contribution in [3.8, 4) is 5.88 Å². The molecule has 0 aliphatic carbocycles. The van der Waals surface area contributed by atoms with Crippen molar-refractivity contribution in [3.63, 3.8) is 0 Å². The molecule has 2 aromatic heterocycles. The van der Waals surface area contributed by atoms with Crippen molar-refractivity contribution in [3.05, 3.63) is 30.6 Å². The zero-order valence-corrected chi connectivity index (χ0v) is 17.7. The summed E-state index contributed by atoms with van der Waals surface area (Å²) in [4.78, 5) is 13.2. The van der Waals surface area contributed by atoms with Gasteiger partial charge in [0.2, 0.25) is 5.88 Å². The van der Waals surface area contributed by atoms with Gasteiger partial charge in [-0.25, -0.2) is 23.4 Å². The molecule has 2 aliphatic heterocycles. The lowest BCUT2D eigenvalue weighted by Crippen LogP contribution is -2.47. The standard InChI is InChI=1S/C18H23F3N6O3S/c1-25-10-17(24-12-25)31(28,29)27-8-13(26-5-3-2-4-6-26)14(9-27)30-16-7-15(18(19,20)21)22-11-23-16/h7,10-14H,2-6,8-9H2,1H3/t13-,14-/m0/s1. The topological polar surface area (TPSA) is 93.5 Å². The molecular formula is C18H23F3N6O3S. The summed E-state index contributed by atoms with van der Waals surface area (Å²) in [6.07, 6.45) is 1.35. The van der Waals surface area contributed by atoms with Gasteiger partial charge >= 0.3 is 6.18 Å². The lowest BCUT2D eigenvalue weighted by Gasteiger charge is -2.34. The molecule has 2 atom stereocenters. The fraction of sp³-hybridized carbons (Fsp3) is 0.611. The van der Waals surface area contributed by atoms with E-state index in [-0.39, 0.29) is 30.0 Å². The van der Waals surface area contributed by atoms with Gasteiger partial charge in [0.05, 0.1) is 18.9 Å². The van der Waals surface area contributed by atoms with Gasteiger partial charge in [-0.1, -0.05) is 6.42 Å². The van der Waals surface area contributed by atoms with Crippen LogP contribution in [0.4, 0.5) is 13.2 Å². The molecule has 13 heteroatoms. The van der Waals surface area contributed by atoms with E-state index in [0.29, 0.717) is 0 Å². The van der Waals surface area contributed by atoms with Crippen molar-refractivity contribution < 1.29 is 26.3 Å². The molecule has 0 saturated carbocycles. The van der Waals surface area contributed by atoms with Crippen LogP contribution in [0.25, 0.3) is 0 Å². The maximum Gasteiger partial charge on any atom is 0.433 e. The molecule has 31 heavy (non-hydrogen) atoms. The minimum Gasteiger partial charge on any atom is -0.471 e. The number of rotatable bonds is 5. The molecule has 4 heterocycles. The van der Waals surface area contributed by atoms with Gasteiger partial charge in [0.15, 0.2) is 10.7 Å². The Kier molecular flexibility index (Phi) is 5.92. The predicted octanol–water partition coefficient (Wildman–Crippen LogP) is 1.54. The van der Waals surface area contributed by atoms with E-state index in [0.717, 1.165) is 44.7 Å². The van der Waals surface area contributed by atoms with Crippen LogP contribution in [0.3, 0.4) is 0 Å². The zero-order chi connectivity index (χ0) is 22.2. The van der Waals surface area contributed by atoms with Gasteiger partial charge in [-0.05, 0) is 25.9 Å². The number of hydrogen-bond donors (Lipinski definition) is 0. The summed E-state index contributed by atoms with van der Waals surface area (Å²) in [6.45, 7) is 1.71. The summed E-state index contributed by atoms with van der Waals surface area (Å²) in [5.41, 5.74) is -1.11. The number of aromatic nitrogens is 4. The molecule has 170 valence electrons. The first-order valence-corrected chi connectivity index (χ1v) is 11.4. The van der Waals surface area contributed by atoms with Gasteiger partial charge in [-0.2, -0.15) is 17.5 Å². The predicted molar refractivity (Wildman–Crippen MR) is 103 cm³/mol. The summed E-state index contributed by atoms with van der Waals surface area (Å²) < 4.78 is 73.8. The Labute approximate surface area is 177 Å². The van der Waals surface area contributed by atoms with Gasteiger partial charge in [-0.15, -0.1) is 0 Å². The van der Waals surface area contributed by atoms with Crippen LogP contribution in [0.1, 0.15) is 25.0 Å². The number of aryl methyl sites for hydroxylation is 1. The highest BCUT2D eigenvalue weighted by Gasteiger charge is 2.44. The van der Waals surface area contributed by atoms with Crippen molar-refractivity contribution in [1.29, 1.82) is 0 Å². The molecule has 2 fully saturated rings. The first-order chi connectivity index (χ1) is 14.6. The van der Waals surface area contributed by atoms with Crippen LogP contribution in [0.5, 0.6) is 5.88 Å². The highest BCUT2D eigenvalue weighted by atomic mass is 32.2. The number of imidazole rings is 1. The molecule has 2 aromatic rings. The average Bonchev–Trinajstić information content (AvgIpc) is 3.36. The third-order valence-corrected chi connectivity index (χ3v) is 7.27. The maximum atomic E-state index is 13.1. The number of hydrogen-bond acceptors (Lipinski definition) is 7. The number of alkyl halides is 3. The number of piperidine rings is 1. The second-order valence-electron chi connectivity index (χ2n) is 7.76. The third kappa shape index (κ3) is 4.67. The Bertz CT molecular complexity index is 1020. The summed E-state index contributed by atoms with van der Waals surface area (Å²) in [5.74, 6) is -0.230. The number of likely N-dealkylation sites (tertiary alicyclic amines) is 1. The molecule has 2 saturated heterocycles. The van der Waals surface area contributed by atoms with E-state index in [2.05, 4.69) is 19.9 Å². The summed E-state index contributed by atoms with van der Waals surface area (Å²) in [5, 5.41) is -0.0746. The monoisotopic (exact) mass is 460 g/mol. The highest BCUT2D eigenvalue weighted by Crippen LogP contribution is 2.31. The second kappa shape index (κ2) is 8.36. The minimum atomic E-state index is -4.63. The first kappa shape index (κ1) is 22.0. The van der Waals surface area contributed by atoms with E-state index in [1.54, 1.807) is 11.6 Å². The largest absolute Gasteiger partial charge is 0.471 e. The van der Waals surface area contributed by atoms with Crippen molar-refractivity contribution >= 4 is 10.0 Å². The van der Waals surface area contributed by atoms with E-state index in [1.165, 1.54) is 16.8 Å². The number of halogens is 3. The van der Waals surface area contributed by atoms with Crippen molar-refractivity contribution in [1.82, 2.24) is 28.7 Å². The molecule has 2 aliphatic rings. The summed E-state index contributed by atoms with van der Waals surface area (Å²) in [6, 6.07) is 0.437. The fourth-order valence-electron chi connectivity index (χ4n) is 4.00. The Hall–Kier alpha value is -2.25. The third-order valence-electron chi connectivity index (χ3n) is 5.55. The molecule has 4 rings (SSSR count). The molecular weight excluding hydrogens is 437 g/mol. The molecule has 9 nitrogen and oxygen atoms in total. The molecule has 0 aromatic carbocycles. The van der Waals surface area contributed by atoms with Crippen LogP contribution in [-0.4, -0.2) is 75.5 Å². The van der Waals surface area contributed by atoms with Crippen molar-refractivity contribution in [2.24, 2.45) is 7.05 Å². The van der Waals surface area contributed by atoms with Crippen LogP contribution in [0.2, 0.25) is 0 Å². The molecule has 0 unspecified atom stereocenters.